The van der Waals surface area contributed by atoms with E-state index in [1.165, 1.54) is 24.1 Å². The van der Waals surface area contributed by atoms with E-state index in [0.717, 1.165) is 26.9 Å². The van der Waals surface area contributed by atoms with E-state index in [9.17, 15) is 17.6 Å². The molecule has 2 aromatic rings. The summed E-state index contributed by atoms with van der Waals surface area (Å²) in [6.07, 6.45) is 0. The zero-order chi connectivity index (χ0) is 17.9. The fourth-order valence-electron chi connectivity index (χ4n) is 2.05. The molecule has 0 aliphatic rings. The number of halogens is 1. The maximum Gasteiger partial charge on any atom is 0.243 e. The fraction of sp³-hybridized carbons (Fsp3) is 0.312. The lowest BCUT2D eigenvalue weighted by Crippen LogP contribution is -2.39. The molecule has 0 radical (unpaired) electrons. The van der Waals surface area contributed by atoms with Crippen LogP contribution in [-0.2, 0) is 21.4 Å². The van der Waals surface area contributed by atoms with Crippen molar-refractivity contribution in [3.8, 4) is 0 Å². The highest BCUT2D eigenvalue weighted by molar-refractivity contribution is 7.89. The molecule has 1 aromatic carbocycles. The van der Waals surface area contributed by atoms with Crippen molar-refractivity contribution in [2.24, 2.45) is 0 Å². The number of benzene rings is 1. The molecule has 0 saturated carbocycles. The van der Waals surface area contributed by atoms with Gasteiger partial charge in [0.15, 0.2) is 0 Å². The number of nitrogens with zero attached hydrogens (tertiary/aromatic N) is 2. The summed E-state index contributed by atoms with van der Waals surface area (Å²) >= 11 is 1.56. The third-order valence-electron chi connectivity index (χ3n) is 3.65. The van der Waals surface area contributed by atoms with E-state index >= 15 is 0 Å². The van der Waals surface area contributed by atoms with Gasteiger partial charge in [-0.1, -0.05) is 0 Å². The predicted octanol–water partition coefficient (Wildman–Crippen LogP) is 2.47. The first-order chi connectivity index (χ1) is 11.2. The summed E-state index contributed by atoms with van der Waals surface area (Å²) in [7, 11) is -0.860. The lowest BCUT2D eigenvalue weighted by molar-refractivity contribution is -0.130. The molecule has 130 valence electrons. The van der Waals surface area contributed by atoms with Gasteiger partial charge in [-0.25, -0.2) is 12.8 Å². The Kier molecular flexibility index (Phi) is 5.74. The standard InChI is InChI=1S/C16H19FN2O3S2/c1-12-8-9-23-15(12)10-18(2)16(20)11-19(3)24(21,22)14-6-4-13(17)5-7-14/h4-9H,10-11H2,1-3H3. The molecule has 0 fully saturated rings. The predicted molar refractivity (Wildman–Crippen MR) is 91.7 cm³/mol. The number of likely N-dealkylation sites (N-methyl/N-ethyl adjacent to an activating group) is 2. The van der Waals surface area contributed by atoms with Gasteiger partial charge in [-0.2, -0.15) is 4.31 Å². The molecular formula is C16H19FN2O3S2. The van der Waals surface area contributed by atoms with Gasteiger partial charge in [0.1, 0.15) is 5.82 Å². The minimum Gasteiger partial charge on any atom is -0.339 e. The van der Waals surface area contributed by atoms with Gasteiger partial charge in [0.2, 0.25) is 15.9 Å². The number of rotatable bonds is 6. The molecule has 5 nitrogen and oxygen atoms in total. The number of amides is 1. The Bertz CT molecular complexity index is 816. The number of hydrogen-bond donors (Lipinski definition) is 0. The van der Waals surface area contributed by atoms with Gasteiger partial charge in [0.05, 0.1) is 18.0 Å². The molecule has 0 aliphatic heterocycles. The minimum atomic E-state index is -3.83. The minimum absolute atomic E-state index is 0.0454. The Balaban J connectivity index is 2.04. The fourth-order valence-corrected chi connectivity index (χ4v) is 4.13. The molecule has 8 heteroatoms. The van der Waals surface area contributed by atoms with Crippen molar-refractivity contribution >= 4 is 27.3 Å². The second kappa shape index (κ2) is 7.42. The van der Waals surface area contributed by atoms with Crippen LogP contribution in [0, 0.1) is 12.7 Å². The quantitative estimate of drug-likeness (QED) is 0.785. The van der Waals surface area contributed by atoms with E-state index in [1.807, 2.05) is 18.4 Å². The Hall–Kier alpha value is -1.77. The van der Waals surface area contributed by atoms with Crippen LogP contribution in [0.2, 0.25) is 0 Å². The third-order valence-corrected chi connectivity index (χ3v) is 6.48. The lowest BCUT2D eigenvalue weighted by Gasteiger charge is -2.21. The monoisotopic (exact) mass is 370 g/mol. The van der Waals surface area contributed by atoms with Crippen molar-refractivity contribution in [2.45, 2.75) is 18.4 Å². The number of aryl methyl sites for hydroxylation is 1. The van der Waals surface area contributed by atoms with E-state index < -0.39 is 15.8 Å². The zero-order valence-corrected chi connectivity index (χ0v) is 15.3. The van der Waals surface area contributed by atoms with Gasteiger partial charge in [0, 0.05) is 19.0 Å². The third kappa shape index (κ3) is 4.19. The molecule has 0 aliphatic carbocycles. The average Bonchev–Trinajstić information content (AvgIpc) is 2.92. The van der Waals surface area contributed by atoms with Crippen molar-refractivity contribution in [1.82, 2.24) is 9.21 Å². The first kappa shape index (κ1) is 18.6. The Morgan fingerprint density at radius 1 is 1.17 bits per heavy atom. The highest BCUT2D eigenvalue weighted by Gasteiger charge is 2.24. The summed E-state index contributed by atoms with van der Waals surface area (Å²) in [5.74, 6) is -0.824. The molecule has 1 amide bonds. The summed E-state index contributed by atoms with van der Waals surface area (Å²) in [4.78, 5) is 14.8. The van der Waals surface area contributed by atoms with E-state index in [-0.39, 0.29) is 17.3 Å². The van der Waals surface area contributed by atoms with Crippen LogP contribution in [0.4, 0.5) is 4.39 Å². The number of carbonyl (C=O) groups is 1. The number of carbonyl (C=O) groups excluding carboxylic acids is 1. The van der Waals surface area contributed by atoms with Crippen LogP contribution in [-0.4, -0.2) is 44.2 Å². The van der Waals surface area contributed by atoms with Gasteiger partial charge in [-0.05, 0) is 48.2 Å². The molecule has 0 bridgehead atoms. The maximum absolute atomic E-state index is 12.9. The molecule has 2 rings (SSSR count). The Morgan fingerprint density at radius 3 is 2.33 bits per heavy atom. The van der Waals surface area contributed by atoms with Gasteiger partial charge in [-0.15, -0.1) is 11.3 Å². The highest BCUT2D eigenvalue weighted by atomic mass is 32.2. The van der Waals surface area contributed by atoms with Crippen LogP contribution >= 0.6 is 11.3 Å². The Morgan fingerprint density at radius 2 is 1.79 bits per heavy atom. The smallest absolute Gasteiger partial charge is 0.243 e. The maximum atomic E-state index is 12.9. The molecule has 0 spiro atoms. The van der Waals surface area contributed by atoms with Crippen molar-refractivity contribution < 1.29 is 17.6 Å². The van der Waals surface area contributed by atoms with E-state index in [1.54, 1.807) is 18.4 Å². The van der Waals surface area contributed by atoms with E-state index in [0.29, 0.717) is 6.54 Å². The molecular weight excluding hydrogens is 351 g/mol. The second-order valence-electron chi connectivity index (χ2n) is 5.49. The summed E-state index contributed by atoms with van der Waals surface area (Å²) in [5, 5.41) is 1.95. The van der Waals surface area contributed by atoms with Crippen LogP contribution in [0.3, 0.4) is 0 Å². The van der Waals surface area contributed by atoms with Gasteiger partial charge >= 0.3 is 0 Å². The van der Waals surface area contributed by atoms with Crippen LogP contribution in [0.25, 0.3) is 0 Å². The van der Waals surface area contributed by atoms with Crippen LogP contribution in [0.5, 0.6) is 0 Å². The Labute approximate surface area is 145 Å². The van der Waals surface area contributed by atoms with E-state index in [4.69, 9.17) is 0 Å². The summed E-state index contributed by atoms with van der Waals surface area (Å²) in [6.45, 7) is 2.13. The largest absolute Gasteiger partial charge is 0.339 e. The van der Waals surface area contributed by atoms with Crippen LogP contribution in [0.15, 0.2) is 40.6 Å². The molecule has 1 heterocycles. The molecule has 1 aromatic heterocycles. The molecule has 0 saturated heterocycles. The topological polar surface area (TPSA) is 57.7 Å². The van der Waals surface area contributed by atoms with Crippen molar-refractivity contribution in [3.05, 3.63) is 52.0 Å². The van der Waals surface area contributed by atoms with Gasteiger partial charge in [0.25, 0.3) is 0 Å². The van der Waals surface area contributed by atoms with Crippen molar-refractivity contribution in [3.63, 3.8) is 0 Å². The highest BCUT2D eigenvalue weighted by Crippen LogP contribution is 2.18. The number of hydrogen-bond acceptors (Lipinski definition) is 4. The number of sulfonamides is 1. The van der Waals surface area contributed by atoms with Crippen molar-refractivity contribution in [1.29, 1.82) is 0 Å². The first-order valence-electron chi connectivity index (χ1n) is 7.20. The molecule has 0 atom stereocenters. The molecule has 0 N–H and O–H groups in total. The first-order valence-corrected chi connectivity index (χ1v) is 9.52. The second-order valence-corrected chi connectivity index (χ2v) is 8.54. The van der Waals surface area contributed by atoms with E-state index in [2.05, 4.69) is 0 Å². The normalized spacial score (nSPS) is 11.7. The van der Waals surface area contributed by atoms with Crippen LogP contribution in [0.1, 0.15) is 10.4 Å². The summed E-state index contributed by atoms with van der Waals surface area (Å²) in [6, 6.07) is 6.50. The SMILES string of the molecule is Cc1ccsc1CN(C)C(=O)CN(C)S(=O)(=O)c1ccc(F)cc1. The van der Waals surface area contributed by atoms with Gasteiger partial charge < -0.3 is 4.90 Å². The summed E-state index contributed by atoms with van der Waals surface area (Å²) in [5.41, 5.74) is 1.10. The number of thiophene rings is 1. The van der Waals surface area contributed by atoms with Crippen molar-refractivity contribution in [2.75, 3.05) is 20.6 Å². The zero-order valence-electron chi connectivity index (χ0n) is 13.7. The lowest BCUT2D eigenvalue weighted by atomic mass is 10.3. The average molecular weight is 370 g/mol. The molecule has 24 heavy (non-hydrogen) atoms. The van der Waals surface area contributed by atoms with Crippen LogP contribution < -0.4 is 0 Å². The summed E-state index contributed by atoms with van der Waals surface area (Å²) < 4.78 is 38.7. The van der Waals surface area contributed by atoms with Gasteiger partial charge in [-0.3, -0.25) is 4.79 Å². The molecule has 0 unspecified atom stereocenters.